The van der Waals surface area contributed by atoms with Crippen LogP contribution in [0.25, 0.3) is 0 Å². The van der Waals surface area contributed by atoms with Crippen LogP contribution in [0.5, 0.6) is 0 Å². The molecule has 0 heterocycles. The highest BCUT2D eigenvalue weighted by Crippen LogP contribution is 2.24. The normalized spacial score (nSPS) is 25.5. The van der Waals surface area contributed by atoms with E-state index in [0.717, 1.165) is 32.1 Å². The third-order valence-corrected chi connectivity index (χ3v) is 3.37. The average Bonchev–Trinajstić information content (AvgIpc) is 2.70. The summed E-state index contributed by atoms with van der Waals surface area (Å²) in [6.07, 6.45) is 4.78. The maximum atomic E-state index is 11.9. The minimum absolute atomic E-state index is 0.115. The summed E-state index contributed by atoms with van der Waals surface area (Å²) in [5.74, 6) is -1.37. The van der Waals surface area contributed by atoms with Crippen LogP contribution in [0.2, 0.25) is 0 Å². The van der Waals surface area contributed by atoms with Gasteiger partial charge in [0.25, 0.3) is 0 Å². The molecule has 0 aromatic heterocycles. The SMILES string of the molecule is CCCC[C@H](NC(=O)C1CCCC1N)C(=O)O. The molecule has 2 unspecified atom stereocenters. The van der Waals surface area contributed by atoms with Crippen LogP contribution in [0.3, 0.4) is 0 Å². The van der Waals surface area contributed by atoms with Gasteiger partial charge < -0.3 is 16.2 Å². The molecule has 98 valence electrons. The standard InChI is InChI=1S/C12H22N2O3/c1-2-3-7-10(12(16)17)14-11(15)8-5-4-6-9(8)13/h8-10H,2-7,13H2,1H3,(H,14,15)(H,16,17)/t8?,9?,10-/m0/s1. The smallest absolute Gasteiger partial charge is 0.326 e. The molecule has 5 nitrogen and oxygen atoms in total. The van der Waals surface area contributed by atoms with Crippen molar-refractivity contribution in [2.24, 2.45) is 11.7 Å². The van der Waals surface area contributed by atoms with Crippen LogP contribution in [-0.2, 0) is 9.59 Å². The summed E-state index contributed by atoms with van der Waals surface area (Å²) in [5.41, 5.74) is 5.82. The Morgan fingerprint density at radius 1 is 1.47 bits per heavy atom. The van der Waals surface area contributed by atoms with Crippen LogP contribution < -0.4 is 11.1 Å². The molecule has 1 saturated carbocycles. The predicted molar refractivity (Wildman–Crippen MR) is 64.4 cm³/mol. The third-order valence-electron chi connectivity index (χ3n) is 3.37. The van der Waals surface area contributed by atoms with Crippen LogP contribution in [-0.4, -0.2) is 29.1 Å². The van der Waals surface area contributed by atoms with Crippen molar-refractivity contribution in [1.29, 1.82) is 0 Å². The Kier molecular flexibility index (Phi) is 5.41. The van der Waals surface area contributed by atoms with Crippen LogP contribution in [0.4, 0.5) is 0 Å². The molecule has 17 heavy (non-hydrogen) atoms. The molecular weight excluding hydrogens is 220 g/mol. The molecule has 1 rings (SSSR count). The zero-order chi connectivity index (χ0) is 12.8. The van der Waals surface area contributed by atoms with E-state index in [9.17, 15) is 9.59 Å². The molecule has 1 fully saturated rings. The molecule has 0 aromatic carbocycles. The van der Waals surface area contributed by atoms with Crippen molar-refractivity contribution >= 4 is 11.9 Å². The van der Waals surface area contributed by atoms with Crippen molar-refractivity contribution in [3.05, 3.63) is 0 Å². The van der Waals surface area contributed by atoms with E-state index in [4.69, 9.17) is 10.8 Å². The minimum Gasteiger partial charge on any atom is -0.480 e. The van der Waals surface area contributed by atoms with E-state index in [1.54, 1.807) is 0 Å². The summed E-state index contributed by atoms with van der Waals surface area (Å²) in [7, 11) is 0. The van der Waals surface area contributed by atoms with Gasteiger partial charge in [0.1, 0.15) is 6.04 Å². The van der Waals surface area contributed by atoms with Crippen molar-refractivity contribution in [3.63, 3.8) is 0 Å². The number of carbonyl (C=O) groups excluding carboxylic acids is 1. The lowest BCUT2D eigenvalue weighted by atomic mass is 10.0. The maximum absolute atomic E-state index is 11.9. The second-order valence-electron chi connectivity index (χ2n) is 4.74. The van der Waals surface area contributed by atoms with Gasteiger partial charge in [-0.25, -0.2) is 4.79 Å². The minimum atomic E-state index is -0.960. The second kappa shape index (κ2) is 6.59. The largest absolute Gasteiger partial charge is 0.480 e. The van der Waals surface area contributed by atoms with Gasteiger partial charge in [0.2, 0.25) is 5.91 Å². The molecular formula is C12H22N2O3. The number of hydrogen-bond donors (Lipinski definition) is 3. The van der Waals surface area contributed by atoms with E-state index in [0.29, 0.717) is 6.42 Å². The first-order valence-corrected chi connectivity index (χ1v) is 6.35. The first-order valence-electron chi connectivity index (χ1n) is 6.35. The van der Waals surface area contributed by atoms with E-state index in [-0.39, 0.29) is 17.9 Å². The maximum Gasteiger partial charge on any atom is 0.326 e. The van der Waals surface area contributed by atoms with Gasteiger partial charge in [-0.3, -0.25) is 4.79 Å². The fourth-order valence-electron chi connectivity index (χ4n) is 2.26. The highest BCUT2D eigenvalue weighted by molar-refractivity contribution is 5.85. The number of nitrogens with one attached hydrogen (secondary N) is 1. The first kappa shape index (κ1) is 14.0. The average molecular weight is 242 g/mol. The van der Waals surface area contributed by atoms with Crippen LogP contribution in [0.15, 0.2) is 0 Å². The summed E-state index contributed by atoms with van der Waals surface area (Å²) in [6.45, 7) is 1.99. The second-order valence-corrected chi connectivity index (χ2v) is 4.74. The molecule has 5 heteroatoms. The van der Waals surface area contributed by atoms with E-state index in [1.807, 2.05) is 6.92 Å². The molecule has 0 bridgehead atoms. The molecule has 1 aliphatic rings. The van der Waals surface area contributed by atoms with Crippen molar-refractivity contribution in [3.8, 4) is 0 Å². The molecule has 1 aliphatic carbocycles. The fourth-order valence-corrected chi connectivity index (χ4v) is 2.26. The van der Waals surface area contributed by atoms with Crippen molar-refractivity contribution in [1.82, 2.24) is 5.32 Å². The van der Waals surface area contributed by atoms with Gasteiger partial charge in [-0.05, 0) is 19.3 Å². The summed E-state index contributed by atoms with van der Waals surface area (Å²) in [5, 5.41) is 11.6. The number of carboxylic acids is 1. The van der Waals surface area contributed by atoms with E-state index < -0.39 is 12.0 Å². The van der Waals surface area contributed by atoms with E-state index >= 15 is 0 Å². The molecule has 4 N–H and O–H groups in total. The monoisotopic (exact) mass is 242 g/mol. The predicted octanol–water partition coefficient (Wildman–Crippen LogP) is 0.873. The van der Waals surface area contributed by atoms with Gasteiger partial charge >= 0.3 is 5.97 Å². The quantitative estimate of drug-likeness (QED) is 0.644. The molecule has 0 saturated heterocycles. The van der Waals surface area contributed by atoms with Gasteiger partial charge in [-0.15, -0.1) is 0 Å². The van der Waals surface area contributed by atoms with Crippen LogP contribution >= 0.6 is 0 Å². The van der Waals surface area contributed by atoms with Crippen molar-refractivity contribution in [2.75, 3.05) is 0 Å². The molecule has 3 atom stereocenters. The number of aliphatic carboxylic acids is 1. The lowest BCUT2D eigenvalue weighted by Crippen LogP contribution is -2.46. The highest BCUT2D eigenvalue weighted by Gasteiger charge is 2.32. The summed E-state index contributed by atoms with van der Waals surface area (Å²) < 4.78 is 0. The Morgan fingerprint density at radius 3 is 2.65 bits per heavy atom. The number of amides is 1. The van der Waals surface area contributed by atoms with Gasteiger partial charge in [0, 0.05) is 6.04 Å². The molecule has 0 spiro atoms. The number of carboxylic acid groups (broad SMARTS) is 1. The van der Waals surface area contributed by atoms with Crippen molar-refractivity contribution in [2.45, 2.75) is 57.5 Å². The third kappa shape index (κ3) is 4.00. The van der Waals surface area contributed by atoms with Gasteiger partial charge in [0.05, 0.1) is 5.92 Å². The first-order chi connectivity index (χ1) is 8.06. The molecule has 1 amide bonds. The number of rotatable bonds is 6. The Hall–Kier alpha value is -1.10. The number of unbranched alkanes of at least 4 members (excludes halogenated alkanes) is 1. The van der Waals surface area contributed by atoms with E-state index in [2.05, 4.69) is 5.32 Å². The number of carbonyl (C=O) groups is 2. The summed E-state index contributed by atoms with van der Waals surface area (Å²) >= 11 is 0. The Bertz CT molecular complexity index is 281. The Balaban J connectivity index is 2.48. The Labute approximate surface area is 102 Å². The Morgan fingerprint density at radius 2 is 2.18 bits per heavy atom. The van der Waals surface area contributed by atoms with Gasteiger partial charge in [-0.2, -0.15) is 0 Å². The summed E-state index contributed by atoms with van der Waals surface area (Å²) in [4.78, 5) is 22.9. The topological polar surface area (TPSA) is 92.4 Å². The highest BCUT2D eigenvalue weighted by atomic mass is 16.4. The van der Waals surface area contributed by atoms with Crippen molar-refractivity contribution < 1.29 is 14.7 Å². The molecule has 0 radical (unpaired) electrons. The summed E-state index contributed by atoms with van der Waals surface area (Å²) in [6, 6.07) is -0.883. The molecule has 0 aromatic rings. The zero-order valence-corrected chi connectivity index (χ0v) is 10.3. The van der Waals surface area contributed by atoms with Gasteiger partial charge in [0.15, 0.2) is 0 Å². The fraction of sp³-hybridized carbons (Fsp3) is 0.833. The zero-order valence-electron chi connectivity index (χ0n) is 10.3. The van der Waals surface area contributed by atoms with Gasteiger partial charge in [-0.1, -0.05) is 26.2 Å². The molecule has 0 aliphatic heterocycles. The van der Waals surface area contributed by atoms with Crippen LogP contribution in [0.1, 0.15) is 45.4 Å². The number of nitrogens with two attached hydrogens (primary N) is 1. The van der Waals surface area contributed by atoms with E-state index in [1.165, 1.54) is 0 Å². The number of hydrogen-bond acceptors (Lipinski definition) is 3. The lowest BCUT2D eigenvalue weighted by molar-refractivity contribution is -0.142. The lowest BCUT2D eigenvalue weighted by Gasteiger charge is -2.19. The van der Waals surface area contributed by atoms with Crippen LogP contribution in [0, 0.1) is 5.92 Å².